The van der Waals surface area contributed by atoms with Crippen LogP contribution in [0.15, 0.2) is 24.3 Å². The van der Waals surface area contributed by atoms with Crippen LogP contribution in [0.4, 0.5) is 5.13 Å². The van der Waals surface area contributed by atoms with Crippen molar-refractivity contribution >= 4 is 28.1 Å². The molecule has 4 nitrogen and oxygen atoms in total. The van der Waals surface area contributed by atoms with Gasteiger partial charge in [0.2, 0.25) is 5.13 Å². The van der Waals surface area contributed by atoms with E-state index in [1.54, 1.807) is 11.3 Å². The van der Waals surface area contributed by atoms with Gasteiger partial charge in [0.1, 0.15) is 5.01 Å². The van der Waals surface area contributed by atoms with Crippen molar-refractivity contribution in [2.45, 2.75) is 20.0 Å². The molecule has 0 unspecified atom stereocenters. The Balaban J connectivity index is 1.93. The van der Waals surface area contributed by atoms with Crippen LogP contribution in [0.5, 0.6) is 0 Å². The molecule has 1 heterocycles. The number of hydrogen-bond donors (Lipinski definition) is 1. The third-order valence-electron chi connectivity index (χ3n) is 2.60. The lowest BCUT2D eigenvalue weighted by molar-refractivity contribution is 0.318. The molecule has 2 rings (SSSR count). The fourth-order valence-electron chi connectivity index (χ4n) is 1.74. The van der Waals surface area contributed by atoms with Crippen molar-refractivity contribution in [2.24, 2.45) is 0 Å². The maximum absolute atomic E-state index is 6.15. The Kier molecular flexibility index (Phi) is 5.13. The summed E-state index contributed by atoms with van der Waals surface area (Å²) >= 11 is 7.75. The quantitative estimate of drug-likeness (QED) is 0.888. The van der Waals surface area contributed by atoms with Crippen LogP contribution in [0, 0.1) is 0 Å². The van der Waals surface area contributed by atoms with E-state index in [1.165, 1.54) is 0 Å². The van der Waals surface area contributed by atoms with Crippen molar-refractivity contribution in [1.82, 2.24) is 15.1 Å². The Labute approximate surface area is 122 Å². The van der Waals surface area contributed by atoms with Crippen LogP contribution >= 0.6 is 22.9 Å². The van der Waals surface area contributed by atoms with E-state index in [0.717, 1.165) is 40.4 Å². The molecule has 19 heavy (non-hydrogen) atoms. The monoisotopic (exact) mass is 296 g/mol. The van der Waals surface area contributed by atoms with Gasteiger partial charge in [0, 0.05) is 18.1 Å². The number of rotatable bonds is 6. The normalized spacial score (nSPS) is 10.9. The second-order valence-corrected chi connectivity index (χ2v) is 5.76. The van der Waals surface area contributed by atoms with Crippen molar-refractivity contribution in [3.05, 3.63) is 39.9 Å². The first-order chi connectivity index (χ1) is 9.19. The van der Waals surface area contributed by atoms with Crippen LogP contribution in [-0.2, 0) is 13.1 Å². The van der Waals surface area contributed by atoms with Gasteiger partial charge in [-0.3, -0.25) is 4.90 Å². The van der Waals surface area contributed by atoms with E-state index in [2.05, 4.69) is 27.5 Å². The lowest BCUT2D eigenvalue weighted by atomic mass is 10.2. The second kappa shape index (κ2) is 6.84. The van der Waals surface area contributed by atoms with Gasteiger partial charge in [-0.25, -0.2) is 0 Å². The highest BCUT2D eigenvalue weighted by Crippen LogP contribution is 2.19. The van der Waals surface area contributed by atoms with Gasteiger partial charge in [-0.1, -0.05) is 41.1 Å². The van der Waals surface area contributed by atoms with Gasteiger partial charge in [-0.2, -0.15) is 0 Å². The van der Waals surface area contributed by atoms with Gasteiger partial charge < -0.3 is 5.32 Å². The average Bonchev–Trinajstić information content (AvgIpc) is 2.80. The van der Waals surface area contributed by atoms with Crippen LogP contribution in [0.1, 0.15) is 17.5 Å². The number of nitrogens with zero attached hydrogens (tertiary/aromatic N) is 3. The zero-order valence-corrected chi connectivity index (χ0v) is 12.6. The highest BCUT2D eigenvalue weighted by Gasteiger charge is 2.08. The molecule has 0 aliphatic heterocycles. The maximum Gasteiger partial charge on any atom is 0.205 e. The minimum absolute atomic E-state index is 0.772. The summed E-state index contributed by atoms with van der Waals surface area (Å²) in [6.45, 7) is 4.48. The molecule has 2 aromatic rings. The van der Waals surface area contributed by atoms with Gasteiger partial charge in [0.15, 0.2) is 0 Å². The summed E-state index contributed by atoms with van der Waals surface area (Å²) in [4.78, 5) is 2.18. The average molecular weight is 297 g/mol. The van der Waals surface area contributed by atoms with Crippen LogP contribution in [0.2, 0.25) is 5.02 Å². The Hall–Kier alpha value is -1.17. The van der Waals surface area contributed by atoms with E-state index in [-0.39, 0.29) is 0 Å². The van der Waals surface area contributed by atoms with E-state index < -0.39 is 0 Å². The molecule has 0 aliphatic rings. The first-order valence-corrected chi connectivity index (χ1v) is 7.36. The molecule has 0 fully saturated rings. The lowest BCUT2D eigenvalue weighted by Crippen LogP contribution is -2.17. The summed E-state index contributed by atoms with van der Waals surface area (Å²) in [5, 5.41) is 14.1. The third-order valence-corrected chi connectivity index (χ3v) is 3.83. The number of anilines is 1. The third kappa shape index (κ3) is 4.16. The topological polar surface area (TPSA) is 41.1 Å². The zero-order chi connectivity index (χ0) is 13.7. The molecule has 0 spiro atoms. The van der Waals surface area contributed by atoms with Crippen molar-refractivity contribution in [1.29, 1.82) is 0 Å². The molecule has 1 aromatic carbocycles. The Bertz CT molecular complexity index is 529. The molecular weight excluding hydrogens is 280 g/mol. The van der Waals surface area contributed by atoms with E-state index >= 15 is 0 Å². The van der Waals surface area contributed by atoms with E-state index in [0.29, 0.717) is 0 Å². The smallest absolute Gasteiger partial charge is 0.205 e. The molecule has 0 atom stereocenters. The largest absolute Gasteiger partial charge is 0.360 e. The number of nitrogens with one attached hydrogen (secondary N) is 1. The zero-order valence-electron chi connectivity index (χ0n) is 11.1. The molecule has 0 bridgehead atoms. The van der Waals surface area contributed by atoms with Gasteiger partial charge in [-0.05, 0) is 25.6 Å². The minimum atomic E-state index is 0.772. The second-order valence-electron chi connectivity index (χ2n) is 4.29. The number of hydrogen-bond acceptors (Lipinski definition) is 5. The van der Waals surface area contributed by atoms with Crippen LogP contribution in [0.25, 0.3) is 0 Å². The van der Waals surface area contributed by atoms with Gasteiger partial charge in [0.05, 0.1) is 6.54 Å². The first-order valence-electron chi connectivity index (χ1n) is 6.17. The highest BCUT2D eigenvalue weighted by molar-refractivity contribution is 7.15. The summed E-state index contributed by atoms with van der Waals surface area (Å²) in [6, 6.07) is 7.91. The molecule has 0 saturated heterocycles. The summed E-state index contributed by atoms with van der Waals surface area (Å²) in [7, 11) is 2.05. The van der Waals surface area contributed by atoms with Crippen molar-refractivity contribution in [3.8, 4) is 0 Å². The first kappa shape index (κ1) is 14.2. The summed E-state index contributed by atoms with van der Waals surface area (Å²) in [5.74, 6) is 0. The van der Waals surface area contributed by atoms with Crippen LogP contribution < -0.4 is 5.32 Å². The predicted octanol–water partition coefficient (Wildman–Crippen LogP) is 3.26. The summed E-state index contributed by atoms with van der Waals surface area (Å²) < 4.78 is 0. The number of halogens is 1. The van der Waals surface area contributed by atoms with E-state index in [4.69, 9.17) is 11.6 Å². The lowest BCUT2D eigenvalue weighted by Gasteiger charge is -2.15. The van der Waals surface area contributed by atoms with Crippen LogP contribution in [-0.4, -0.2) is 28.7 Å². The number of benzene rings is 1. The fourth-order valence-corrected chi connectivity index (χ4v) is 2.83. The standard InChI is InChI=1S/C13H17ClN4S/c1-3-15-13-17-16-12(19-13)9-18(2)8-10-6-4-5-7-11(10)14/h4-7H,3,8-9H2,1-2H3,(H,15,17). The number of aromatic nitrogens is 2. The molecular formula is C13H17ClN4S. The molecule has 6 heteroatoms. The molecule has 0 aliphatic carbocycles. The van der Waals surface area contributed by atoms with Gasteiger partial charge in [-0.15, -0.1) is 10.2 Å². The van der Waals surface area contributed by atoms with Crippen LogP contribution in [0.3, 0.4) is 0 Å². The molecule has 0 radical (unpaired) electrons. The fraction of sp³-hybridized carbons (Fsp3) is 0.385. The van der Waals surface area contributed by atoms with Crippen molar-refractivity contribution < 1.29 is 0 Å². The predicted molar refractivity (Wildman–Crippen MR) is 80.7 cm³/mol. The van der Waals surface area contributed by atoms with Gasteiger partial charge in [0.25, 0.3) is 0 Å². The van der Waals surface area contributed by atoms with Gasteiger partial charge >= 0.3 is 0 Å². The molecule has 0 amide bonds. The van der Waals surface area contributed by atoms with E-state index in [9.17, 15) is 0 Å². The Morgan fingerprint density at radius 3 is 2.79 bits per heavy atom. The Morgan fingerprint density at radius 2 is 2.05 bits per heavy atom. The molecule has 1 N–H and O–H groups in total. The van der Waals surface area contributed by atoms with Crippen molar-refractivity contribution in [3.63, 3.8) is 0 Å². The molecule has 0 saturated carbocycles. The van der Waals surface area contributed by atoms with E-state index in [1.807, 2.05) is 31.2 Å². The highest BCUT2D eigenvalue weighted by atomic mass is 35.5. The molecule has 102 valence electrons. The SMILES string of the molecule is CCNc1nnc(CN(C)Cc2ccccc2Cl)s1. The molecule has 1 aromatic heterocycles. The summed E-state index contributed by atoms with van der Waals surface area (Å²) in [6.07, 6.45) is 0. The maximum atomic E-state index is 6.15. The Morgan fingerprint density at radius 1 is 1.26 bits per heavy atom. The minimum Gasteiger partial charge on any atom is -0.360 e. The van der Waals surface area contributed by atoms with Crippen molar-refractivity contribution in [2.75, 3.05) is 18.9 Å². The summed E-state index contributed by atoms with van der Waals surface area (Å²) in [5.41, 5.74) is 1.13.